The van der Waals surface area contributed by atoms with Gasteiger partial charge in [-0.25, -0.2) is 0 Å². The zero-order chi connectivity index (χ0) is 21.6. The van der Waals surface area contributed by atoms with E-state index in [4.69, 9.17) is 4.74 Å². The smallest absolute Gasteiger partial charge is 0.165 e. The van der Waals surface area contributed by atoms with Crippen LogP contribution in [0.2, 0.25) is 0 Å². The fourth-order valence-corrected chi connectivity index (χ4v) is 6.50. The van der Waals surface area contributed by atoms with Gasteiger partial charge in [-0.2, -0.15) is 5.10 Å². The minimum absolute atomic E-state index is 0.198. The summed E-state index contributed by atoms with van der Waals surface area (Å²) in [5.74, 6) is 3.03. The second-order valence-electron chi connectivity index (χ2n) is 10.1. The number of unbranched alkanes of at least 4 members (excludes halogenated alkanes) is 1. The molecule has 31 heavy (non-hydrogen) atoms. The summed E-state index contributed by atoms with van der Waals surface area (Å²) >= 11 is 0. The van der Waals surface area contributed by atoms with Gasteiger partial charge in [0.05, 0.1) is 12.8 Å². The lowest BCUT2D eigenvalue weighted by atomic mass is 9.55. The Balaban J connectivity index is 1.39. The van der Waals surface area contributed by atoms with Crippen molar-refractivity contribution in [3.63, 3.8) is 0 Å². The SMILES string of the molecule is CCCCOc1ccc2c(c1)CC[C@@H]1[C@@H]2CC[C@@]2(C)C(=O)/C(=C/c3cnn(C)c3)C[C@@H]12. The number of carbonyl (C=O) groups is 1. The fraction of sp³-hybridized carbons (Fsp3) is 0.556. The van der Waals surface area contributed by atoms with Gasteiger partial charge in [-0.05, 0) is 91.2 Å². The highest BCUT2D eigenvalue weighted by molar-refractivity contribution is 6.05. The van der Waals surface area contributed by atoms with Gasteiger partial charge in [-0.3, -0.25) is 9.48 Å². The molecule has 4 heteroatoms. The van der Waals surface area contributed by atoms with Crippen molar-refractivity contribution in [3.05, 3.63) is 52.9 Å². The Hall–Kier alpha value is -2.36. The van der Waals surface area contributed by atoms with Crippen LogP contribution in [0.25, 0.3) is 6.08 Å². The Bertz CT molecular complexity index is 1020. The number of benzene rings is 1. The Morgan fingerprint density at radius 1 is 1.32 bits per heavy atom. The summed E-state index contributed by atoms with van der Waals surface area (Å²) in [6.07, 6.45) is 13.5. The largest absolute Gasteiger partial charge is 0.494 e. The number of carbonyl (C=O) groups excluding carboxylic acids is 1. The molecule has 0 aliphatic heterocycles. The van der Waals surface area contributed by atoms with Gasteiger partial charge in [0.1, 0.15) is 5.75 Å². The summed E-state index contributed by atoms with van der Waals surface area (Å²) in [6.45, 7) is 5.23. The molecule has 0 spiro atoms. The van der Waals surface area contributed by atoms with Crippen molar-refractivity contribution in [2.45, 2.75) is 64.7 Å². The number of ketones is 1. The molecule has 1 aromatic carbocycles. The van der Waals surface area contributed by atoms with Gasteiger partial charge < -0.3 is 4.74 Å². The lowest BCUT2D eigenvalue weighted by Gasteiger charge is -2.48. The van der Waals surface area contributed by atoms with Crippen LogP contribution in [-0.4, -0.2) is 22.2 Å². The number of hydrogen-bond donors (Lipinski definition) is 0. The van der Waals surface area contributed by atoms with Crippen LogP contribution in [0.1, 0.15) is 75.0 Å². The third kappa shape index (κ3) is 3.54. The minimum Gasteiger partial charge on any atom is -0.494 e. The van der Waals surface area contributed by atoms with Gasteiger partial charge in [0.25, 0.3) is 0 Å². The molecule has 3 aliphatic carbocycles. The number of nitrogens with zero attached hydrogens (tertiary/aromatic N) is 2. The average molecular weight is 419 g/mol. The predicted molar refractivity (Wildman–Crippen MR) is 123 cm³/mol. The van der Waals surface area contributed by atoms with E-state index in [9.17, 15) is 4.79 Å². The molecule has 2 aromatic rings. The molecule has 164 valence electrons. The molecule has 3 aliphatic rings. The Morgan fingerprint density at radius 3 is 2.97 bits per heavy atom. The summed E-state index contributed by atoms with van der Waals surface area (Å²) in [7, 11) is 1.92. The van der Waals surface area contributed by atoms with Crippen molar-refractivity contribution < 1.29 is 9.53 Å². The van der Waals surface area contributed by atoms with Crippen molar-refractivity contribution in [2.75, 3.05) is 6.61 Å². The average Bonchev–Trinajstić information content (AvgIpc) is 3.29. The van der Waals surface area contributed by atoms with Crippen LogP contribution in [0.5, 0.6) is 5.75 Å². The lowest BCUT2D eigenvalue weighted by Crippen LogP contribution is -2.42. The molecule has 0 amide bonds. The van der Waals surface area contributed by atoms with Gasteiger partial charge in [0.15, 0.2) is 5.78 Å². The molecule has 0 N–H and O–H groups in total. The van der Waals surface area contributed by atoms with Gasteiger partial charge in [-0.15, -0.1) is 0 Å². The Labute approximate surface area is 185 Å². The highest BCUT2D eigenvalue weighted by Crippen LogP contribution is 2.60. The molecule has 1 heterocycles. The third-order valence-electron chi connectivity index (χ3n) is 8.17. The topological polar surface area (TPSA) is 44.1 Å². The first kappa shape index (κ1) is 20.5. The molecule has 2 saturated carbocycles. The van der Waals surface area contributed by atoms with E-state index in [1.807, 2.05) is 19.4 Å². The van der Waals surface area contributed by atoms with E-state index in [0.29, 0.717) is 23.5 Å². The maximum absolute atomic E-state index is 13.5. The zero-order valence-corrected chi connectivity index (χ0v) is 19.1. The summed E-state index contributed by atoms with van der Waals surface area (Å²) in [6, 6.07) is 6.76. The van der Waals surface area contributed by atoms with Crippen molar-refractivity contribution in [1.29, 1.82) is 0 Å². The summed E-state index contributed by atoms with van der Waals surface area (Å²) in [5, 5.41) is 4.26. The predicted octanol–water partition coefficient (Wildman–Crippen LogP) is 5.72. The number of aryl methyl sites for hydroxylation is 2. The van der Waals surface area contributed by atoms with Gasteiger partial charge in [-0.1, -0.05) is 26.3 Å². The molecule has 1 aromatic heterocycles. The third-order valence-corrected chi connectivity index (χ3v) is 8.17. The number of ether oxygens (including phenoxy) is 1. The highest BCUT2D eigenvalue weighted by atomic mass is 16.5. The van der Waals surface area contributed by atoms with Crippen molar-refractivity contribution in [2.24, 2.45) is 24.3 Å². The Morgan fingerprint density at radius 2 is 2.19 bits per heavy atom. The number of allylic oxidation sites excluding steroid dienone is 1. The van der Waals surface area contributed by atoms with Crippen molar-refractivity contribution in [1.82, 2.24) is 9.78 Å². The first-order valence-corrected chi connectivity index (χ1v) is 12.0. The van der Waals surface area contributed by atoms with E-state index in [0.717, 1.165) is 62.0 Å². The molecule has 4 atom stereocenters. The van der Waals surface area contributed by atoms with Crippen LogP contribution in [0.3, 0.4) is 0 Å². The van der Waals surface area contributed by atoms with Crippen LogP contribution in [0.15, 0.2) is 36.2 Å². The second-order valence-corrected chi connectivity index (χ2v) is 10.1. The number of fused-ring (bicyclic) bond motifs is 5. The van der Waals surface area contributed by atoms with Crippen LogP contribution < -0.4 is 4.74 Å². The summed E-state index contributed by atoms with van der Waals surface area (Å²) in [4.78, 5) is 13.5. The van der Waals surface area contributed by atoms with Crippen LogP contribution in [0, 0.1) is 17.3 Å². The van der Waals surface area contributed by atoms with E-state index in [2.05, 4.69) is 43.2 Å². The monoisotopic (exact) mass is 418 g/mol. The summed E-state index contributed by atoms with van der Waals surface area (Å²) < 4.78 is 7.76. The lowest BCUT2D eigenvalue weighted by molar-refractivity contribution is -0.127. The fourth-order valence-electron chi connectivity index (χ4n) is 6.50. The molecule has 0 radical (unpaired) electrons. The quantitative estimate of drug-likeness (QED) is 0.461. The number of rotatable bonds is 5. The molecule has 0 saturated heterocycles. The van der Waals surface area contributed by atoms with Gasteiger partial charge in [0.2, 0.25) is 0 Å². The number of hydrogen-bond acceptors (Lipinski definition) is 3. The minimum atomic E-state index is -0.198. The molecular formula is C27H34N2O2. The second kappa shape index (κ2) is 7.96. The highest BCUT2D eigenvalue weighted by Gasteiger charge is 2.56. The van der Waals surface area contributed by atoms with E-state index in [1.54, 1.807) is 4.68 Å². The van der Waals surface area contributed by atoms with E-state index >= 15 is 0 Å². The van der Waals surface area contributed by atoms with Crippen LogP contribution in [0.4, 0.5) is 0 Å². The van der Waals surface area contributed by atoms with Gasteiger partial charge >= 0.3 is 0 Å². The van der Waals surface area contributed by atoms with Gasteiger partial charge in [0, 0.05) is 24.2 Å². The van der Waals surface area contributed by atoms with Crippen molar-refractivity contribution >= 4 is 11.9 Å². The molecular weight excluding hydrogens is 384 g/mol. The molecule has 2 fully saturated rings. The number of Topliss-reactive ketones (excluding diaryl/α,β-unsaturated/α-hetero) is 1. The maximum atomic E-state index is 13.5. The van der Waals surface area contributed by atoms with Crippen molar-refractivity contribution in [3.8, 4) is 5.75 Å². The molecule has 0 bridgehead atoms. The molecule has 4 nitrogen and oxygen atoms in total. The van der Waals surface area contributed by atoms with Crippen LogP contribution in [-0.2, 0) is 18.3 Å². The van der Waals surface area contributed by atoms with E-state index in [-0.39, 0.29) is 5.41 Å². The zero-order valence-electron chi connectivity index (χ0n) is 19.1. The Kier molecular flexibility index (Phi) is 5.27. The standard InChI is InChI=1S/C27H34N2O2/c1-4-5-12-31-21-7-9-22-19(14-21)6-8-24-23(22)10-11-27(2)25(24)15-20(26(27)30)13-18-16-28-29(3)17-18/h7,9,13-14,16-17,23-25H,4-6,8,10-12,15H2,1-3H3/b20-13+/t23-,24-,25+,27-/m1/s1. The van der Waals surface area contributed by atoms with Crippen LogP contribution >= 0.6 is 0 Å². The normalized spacial score (nSPS) is 30.7. The first-order valence-electron chi connectivity index (χ1n) is 12.0. The summed E-state index contributed by atoms with van der Waals surface area (Å²) in [5.41, 5.74) is 4.82. The number of aromatic nitrogens is 2. The van der Waals surface area contributed by atoms with E-state index in [1.165, 1.54) is 17.5 Å². The van der Waals surface area contributed by atoms with E-state index < -0.39 is 0 Å². The molecule has 0 unspecified atom stereocenters. The first-order chi connectivity index (χ1) is 15.0. The molecule has 5 rings (SSSR count). The maximum Gasteiger partial charge on any atom is 0.165 e.